The van der Waals surface area contributed by atoms with Crippen LogP contribution in [0.4, 0.5) is 4.39 Å². The molecule has 2 N–H and O–H groups in total. The highest BCUT2D eigenvalue weighted by molar-refractivity contribution is 5.23. The van der Waals surface area contributed by atoms with Gasteiger partial charge in [-0.25, -0.2) is 4.39 Å². The fourth-order valence-electron chi connectivity index (χ4n) is 1.63. The van der Waals surface area contributed by atoms with Crippen LogP contribution in [0.3, 0.4) is 0 Å². The lowest BCUT2D eigenvalue weighted by Crippen LogP contribution is -2.40. The van der Waals surface area contributed by atoms with Crippen molar-refractivity contribution in [2.24, 2.45) is 0 Å². The van der Waals surface area contributed by atoms with Gasteiger partial charge in [0.2, 0.25) is 0 Å². The summed E-state index contributed by atoms with van der Waals surface area (Å²) in [6.07, 6.45) is 0.222. The highest BCUT2D eigenvalue weighted by atomic mass is 19.1. The van der Waals surface area contributed by atoms with Gasteiger partial charge in [0.1, 0.15) is 12.7 Å². The lowest BCUT2D eigenvalue weighted by molar-refractivity contribution is 0.0935. The number of benzene rings is 1. The first kappa shape index (κ1) is 15.9. The molecule has 0 aromatic heterocycles. The second-order valence-electron chi connectivity index (χ2n) is 4.36. The quantitative estimate of drug-likeness (QED) is 0.716. The first-order valence-corrected chi connectivity index (χ1v) is 6.45. The first-order chi connectivity index (χ1) is 9.17. The fraction of sp³-hybridized carbons (Fsp3) is 0.571. The summed E-state index contributed by atoms with van der Waals surface area (Å²) in [5, 5.41) is 12.9. The summed E-state index contributed by atoms with van der Waals surface area (Å²) in [5.41, 5.74) is 0. The summed E-state index contributed by atoms with van der Waals surface area (Å²) in [6.45, 7) is 3.07. The molecule has 2 unspecified atom stereocenters. The van der Waals surface area contributed by atoms with E-state index >= 15 is 0 Å². The van der Waals surface area contributed by atoms with E-state index in [0.29, 0.717) is 13.2 Å². The van der Waals surface area contributed by atoms with Gasteiger partial charge in [0, 0.05) is 19.7 Å². The van der Waals surface area contributed by atoms with Crippen LogP contribution in [0.25, 0.3) is 0 Å². The maximum absolute atomic E-state index is 13.3. The van der Waals surface area contributed by atoms with Crippen molar-refractivity contribution in [3.05, 3.63) is 30.1 Å². The summed E-state index contributed by atoms with van der Waals surface area (Å²) in [4.78, 5) is 0. The molecule has 0 aliphatic carbocycles. The van der Waals surface area contributed by atoms with Crippen molar-refractivity contribution in [2.75, 3.05) is 26.9 Å². The van der Waals surface area contributed by atoms with Gasteiger partial charge < -0.3 is 19.9 Å². The minimum atomic E-state index is -0.689. The molecule has 19 heavy (non-hydrogen) atoms. The Morgan fingerprint density at radius 1 is 1.32 bits per heavy atom. The van der Waals surface area contributed by atoms with Crippen LogP contribution in [0.2, 0.25) is 0 Å². The molecule has 0 bridgehead atoms. The van der Waals surface area contributed by atoms with Crippen LogP contribution in [-0.4, -0.2) is 44.1 Å². The number of aliphatic hydroxyl groups excluding tert-OH is 1. The monoisotopic (exact) mass is 271 g/mol. The van der Waals surface area contributed by atoms with Crippen molar-refractivity contribution in [3.8, 4) is 5.75 Å². The van der Waals surface area contributed by atoms with Crippen molar-refractivity contribution in [3.63, 3.8) is 0 Å². The third-order valence-corrected chi connectivity index (χ3v) is 2.77. The van der Waals surface area contributed by atoms with E-state index in [2.05, 4.69) is 5.32 Å². The van der Waals surface area contributed by atoms with Crippen molar-refractivity contribution in [2.45, 2.75) is 25.5 Å². The molecule has 0 heterocycles. The van der Waals surface area contributed by atoms with Gasteiger partial charge in [0.15, 0.2) is 11.6 Å². The molecular weight excluding hydrogens is 249 g/mol. The number of para-hydroxylation sites is 1. The highest BCUT2D eigenvalue weighted by Crippen LogP contribution is 2.15. The Morgan fingerprint density at radius 2 is 2.05 bits per heavy atom. The summed E-state index contributed by atoms with van der Waals surface area (Å²) in [5.74, 6) is -0.265. The van der Waals surface area contributed by atoms with Gasteiger partial charge in [-0.1, -0.05) is 19.1 Å². The van der Waals surface area contributed by atoms with Gasteiger partial charge >= 0.3 is 0 Å². The number of nitrogens with one attached hydrogen (secondary N) is 1. The fourth-order valence-corrected chi connectivity index (χ4v) is 1.63. The zero-order valence-electron chi connectivity index (χ0n) is 11.4. The van der Waals surface area contributed by atoms with Crippen LogP contribution >= 0.6 is 0 Å². The van der Waals surface area contributed by atoms with Gasteiger partial charge in [-0.3, -0.25) is 0 Å². The second kappa shape index (κ2) is 8.85. The molecule has 1 rings (SSSR count). The molecule has 0 saturated heterocycles. The molecule has 0 fully saturated rings. The van der Waals surface area contributed by atoms with Gasteiger partial charge in [0.05, 0.1) is 6.61 Å². The molecule has 0 aliphatic rings. The van der Waals surface area contributed by atoms with Crippen molar-refractivity contribution < 1.29 is 19.0 Å². The number of aliphatic hydroxyl groups is 1. The molecule has 0 amide bonds. The summed E-state index contributed by atoms with van der Waals surface area (Å²) >= 11 is 0. The van der Waals surface area contributed by atoms with Crippen molar-refractivity contribution in [1.29, 1.82) is 0 Å². The summed E-state index contributed by atoms with van der Waals surface area (Å²) in [7, 11) is 1.64. The Kier molecular flexibility index (Phi) is 7.40. The lowest BCUT2D eigenvalue weighted by atomic mass is 10.2. The van der Waals surface area contributed by atoms with Crippen molar-refractivity contribution in [1.82, 2.24) is 5.32 Å². The van der Waals surface area contributed by atoms with Crippen LogP contribution in [0.1, 0.15) is 13.3 Å². The van der Waals surface area contributed by atoms with Gasteiger partial charge in [0.25, 0.3) is 0 Å². The Labute approximate surface area is 113 Å². The minimum Gasteiger partial charge on any atom is -0.488 e. The van der Waals surface area contributed by atoms with Gasteiger partial charge in [-0.2, -0.15) is 0 Å². The lowest BCUT2D eigenvalue weighted by Gasteiger charge is -2.19. The first-order valence-electron chi connectivity index (χ1n) is 6.45. The predicted octanol–water partition coefficient (Wildman–Crippen LogP) is 1.58. The van der Waals surface area contributed by atoms with Crippen molar-refractivity contribution >= 4 is 0 Å². The molecule has 5 heteroatoms. The average molecular weight is 271 g/mol. The van der Waals surface area contributed by atoms with Crippen LogP contribution in [-0.2, 0) is 4.74 Å². The molecule has 2 atom stereocenters. The summed E-state index contributed by atoms with van der Waals surface area (Å²) in [6, 6.07) is 6.35. The third kappa shape index (κ3) is 6.00. The number of rotatable bonds is 9. The van der Waals surface area contributed by atoms with E-state index in [1.807, 2.05) is 6.92 Å². The topological polar surface area (TPSA) is 50.7 Å². The van der Waals surface area contributed by atoms with E-state index in [0.717, 1.165) is 6.42 Å². The van der Waals surface area contributed by atoms with E-state index < -0.39 is 11.9 Å². The van der Waals surface area contributed by atoms with Crippen LogP contribution in [0.5, 0.6) is 5.75 Å². The van der Waals surface area contributed by atoms with Crippen LogP contribution < -0.4 is 10.1 Å². The molecule has 1 aromatic rings. The molecule has 108 valence electrons. The number of ether oxygens (including phenoxy) is 2. The zero-order chi connectivity index (χ0) is 14.1. The average Bonchev–Trinajstić information content (AvgIpc) is 2.42. The van der Waals surface area contributed by atoms with E-state index in [1.165, 1.54) is 12.1 Å². The third-order valence-electron chi connectivity index (χ3n) is 2.77. The Hall–Kier alpha value is -1.17. The normalized spacial score (nSPS) is 14.1. The number of methoxy groups -OCH3 is 1. The Bertz CT molecular complexity index is 362. The predicted molar refractivity (Wildman–Crippen MR) is 71.9 cm³/mol. The smallest absolute Gasteiger partial charge is 0.165 e. The van der Waals surface area contributed by atoms with Crippen LogP contribution in [0.15, 0.2) is 24.3 Å². The number of hydrogen-bond acceptors (Lipinski definition) is 4. The summed E-state index contributed by atoms with van der Waals surface area (Å²) < 4.78 is 23.5. The molecule has 1 aromatic carbocycles. The maximum Gasteiger partial charge on any atom is 0.165 e. The molecule has 0 aliphatic heterocycles. The molecule has 0 spiro atoms. The largest absolute Gasteiger partial charge is 0.488 e. The van der Waals surface area contributed by atoms with E-state index in [9.17, 15) is 9.50 Å². The number of halogens is 1. The minimum absolute atomic E-state index is 0.0529. The van der Waals surface area contributed by atoms with E-state index in [1.54, 1.807) is 19.2 Å². The Morgan fingerprint density at radius 3 is 2.68 bits per heavy atom. The molecule has 0 radical (unpaired) electrons. The SMILES string of the molecule is CCC(COC)NCC(O)COc1ccccc1F. The Balaban J connectivity index is 2.28. The zero-order valence-corrected chi connectivity index (χ0v) is 11.4. The van der Waals surface area contributed by atoms with Gasteiger partial charge in [-0.05, 0) is 18.6 Å². The van der Waals surface area contributed by atoms with E-state index in [-0.39, 0.29) is 18.4 Å². The molecular formula is C14H22FNO3. The highest BCUT2D eigenvalue weighted by Gasteiger charge is 2.11. The molecule has 4 nitrogen and oxygen atoms in total. The molecule has 0 saturated carbocycles. The van der Waals surface area contributed by atoms with Crippen LogP contribution in [0, 0.1) is 5.82 Å². The second-order valence-corrected chi connectivity index (χ2v) is 4.36. The standard InChI is InChI=1S/C14H22FNO3/c1-3-11(9-18-2)16-8-12(17)10-19-14-7-5-4-6-13(14)15/h4-7,11-12,16-17H,3,8-10H2,1-2H3. The van der Waals surface area contributed by atoms with Gasteiger partial charge in [-0.15, -0.1) is 0 Å². The van der Waals surface area contributed by atoms with E-state index in [4.69, 9.17) is 9.47 Å². The maximum atomic E-state index is 13.3. The number of hydrogen-bond donors (Lipinski definition) is 2.